The Morgan fingerprint density at radius 1 is 1.17 bits per heavy atom. The van der Waals surface area contributed by atoms with E-state index in [0.29, 0.717) is 5.92 Å². The van der Waals surface area contributed by atoms with Crippen molar-refractivity contribution in [3.8, 4) is 0 Å². The lowest BCUT2D eigenvalue weighted by Crippen LogP contribution is -2.12. The predicted octanol–water partition coefficient (Wildman–Crippen LogP) is 1.91. The maximum Gasteiger partial charge on any atom is 0.113 e. The average molecular weight is 154 g/mol. The number of benzene rings is 1. The quantitative estimate of drug-likeness (QED) is 0.428. The topological polar surface area (TPSA) is 0 Å². The van der Waals surface area contributed by atoms with Gasteiger partial charge in [-0.05, 0) is 24.3 Å². The zero-order chi connectivity index (χ0) is 8.55. The van der Waals surface area contributed by atoms with Gasteiger partial charge < -0.3 is 0 Å². The molecule has 0 unspecified atom stereocenters. The zero-order valence-electron chi connectivity index (χ0n) is 7.09. The van der Waals surface area contributed by atoms with Gasteiger partial charge in [0.2, 0.25) is 0 Å². The van der Waals surface area contributed by atoms with E-state index in [1.54, 1.807) is 0 Å². The third-order valence-electron chi connectivity index (χ3n) is 2.48. The molecular weight excluding hydrogens is 143 g/mol. The molecule has 1 aromatic carbocycles. The summed E-state index contributed by atoms with van der Waals surface area (Å²) in [7, 11) is 5.60. The van der Waals surface area contributed by atoms with Crippen LogP contribution in [-0.4, -0.2) is 7.85 Å². The van der Waals surface area contributed by atoms with E-state index >= 15 is 0 Å². The molecule has 0 saturated heterocycles. The van der Waals surface area contributed by atoms with Gasteiger partial charge in [-0.15, -0.1) is 0 Å². The van der Waals surface area contributed by atoms with Crippen LogP contribution in [0.4, 0.5) is 0 Å². The maximum atomic E-state index is 5.60. The van der Waals surface area contributed by atoms with E-state index in [1.165, 1.54) is 11.1 Å². The van der Waals surface area contributed by atoms with Gasteiger partial charge in [-0.25, -0.2) is 0 Å². The number of hydrogen-bond acceptors (Lipinski definition) is 0. The Hall–Kier alpha value is -0.975. The molecule has 1 saturated carbocycles. The molecule has 1 aliphatic rings. The Kier molecular flexibility index (Phi) is 1.80. The van der Waals surface area contributed by atoms with Crippen molar-refractivity contribution in [2.45, 2.75) is 18.8 Å². The Labute approximate surface area is 74.7 Å². The molecule has 12 heavy (non-hydrogen) atoms. The third kappa shape index (κ3) is 1.31. The second-order valence-electron chi connectivity index (χ2n) is 3.52. The Morgan fingerprint density at radius 3 is 2.25 bits per heavy atom. The minimum Gasteiger partial charge on any atom is -0.0998 e. The predicted molar refractivity (Wildman–Crippen MR) is 52.9 cm³/mol. The standard InChI is InChI=1S/C11H11B/c1-8-6-10(7-8)9-2-4-11(12)5-3-9/h2-5,10H,1,6-7H2. The van der Waals surface area contributed by atoms with Gasteiger partial charge in [0.1, 0.15) is 7.85 Å². The molecule has 0 spiro atoms. The van der Waals surface area contributed by atoms with Gasteiger partial charge >= 0.3 is 0 Å². The number of hydrogen-bond donors (Lipinski definition) is 0. The van der Waals surface area contributed by atoms with Crippen molar-refractivity contribution >= 4 is 13.3 Å². The van der Waals surface area contributed by atoms with Gasteiger partial charge in [-0.3, -0.25) is 0 Å². The third-order valence-corrected chi connectivity index (χ3v) is 2.48. The van der Waals surface area contributed by atoms with Gasteiger partial charge in [0.25, 0.3) is 0 Å². The first-order chi connectivity index (χ1) is 5.75. The van der Waals surface area contributed by atoms with Crippen molar-refractivity contribution in [1.82, 2.24) is 0 Å². The van der Waals surface area contributed by atoms with Crippen molar-refractivity contribution < 1.29 is 0 Å². The summed E-state index contributed by atoms with van der Waals surface area (Å²) in [5.74, 6) is 0.707. The van der Waals surface area contributed by atoms with Crippen molar-refractivity contribution in [1.29, 1.82) is 0 Å². The van der Waals surface area contributed by atoms with E-state index in [4.69, 9.17) is 7.85 Å². The molecule has 1 aliphatic carbocycles. The van der Waals surface area contributed by atoms with E-state index in [0.717, 1.165) is 18.3 Å². The summed E-state index contributed by atoms with van der Waals surface area (Å²) in [4.78, 5) is 0. The Morgan fingerprint density at radius 2 is 1.75 bits per heavy atom. The van der Waals surface area contributed by atoms with Crippen molar-refractivity contribution in [3.05, 3.63) is 42.0 Å². The van der Waals surface area contributed by atoms with Gasteiger partial charge in [0.15, 0.2) is 0 Å². The van der Waals surface area contributed by atoms with Crippen LogP contribution in [0.3, 0.4) is 0 Å². The van der Waals surface area contributed by atoms with Gasteiger partial charge in [-0.1, -0.05) is 41.9 Å². The van der Waals surface area contributed by atoms with Crippen molar-refractivity contribution in [2.24, 2.45) is 0 Å². The SMILES string of the molecule is [B]c1ccc(C2CC(=C)C2)cc1. The van der Waals surface area contributed by atoms with Crippen LogP contribution in [0.25, 0.3) is 0 Å². The molecule has 0 heterocycles. The molecule has 0 aliphatic heterocycles. The summed E-state index contributed by atoms with van der Waals surface area (Å²) in [5, 5.41) is 0. The second kappa shape index (κ2) is 2.82. The van der Waals surface area contributed by atoms with E-state index in [2.05, 4.69) is 18.7 Å². The lowest BCUT2D eigenvalue weighted by molar-refractivity contribution is 0.553. The maximum absolute atomic E-state index is 5.60. The highest BCUT2D eigenvalue weighted by molar-refractivity contribution is 6.32. The van der Waals surface area contributed by atoms with E-state index in [1.807, 2.05) is 12.1 Å². The summed E-state index contributed by atoms with van der Waals surface area (Å²) in [5.41, 5.74) is 3.62. The average Bonchev–Trinajstić information content (AvgIpc) is 2.01. The Balaban J connectivity index is 2.14. The smallest absolute Gasteiger partial charge is 0.0998 e. The fourth-order valence-electron chi connectivity index (χ4n) is 1.64. The molecule has 58 valence electrons. The number of rotatable bonds is 1. The fraction of sp³-hybridized carbons (Fsp3) is 0.273. The molecule has 2 rings (SSSR count). The monoisotopic (exact) mass is 154 g/mol. The summed E-state index contributed by atoms with van der Waals surface area (Å²) in [6.45, 7) is 3.93. The number of allylic oxidation sites excluding steroid dienone is 1. The highest BCUT2D eigenvalue weighted by Gasteiger charge is 2.22. The lowest BCUT2D eigenvalue weighted by atomic mass is 9.76. The van der Waals surface area contributed by atoms with Gasteiger partial charge in [0, 0.05) is 0 Å². The minimum atomic E-state index is 0.707. The zero-order valence-corrected chi connectivity index (χ0v) is 7.09. The van der Waals surface area contributed by atoms with E-state index in [-0.39, 0.29) is 0 Å². The van der Waals surface area contributed by atoms with Crippen LogP contribution in [-0.2, 0) is 0 Å². The van der Waals surface area contributed by atoms with E-state index < -0.39 is 0 Å². The van der Waals surface area contributed by atoms with Crippen LogP contribution in [0.2, 0.25) is 0 Å². The molecule has 0 N–H and O–H groups in total. The minimum absolute atomic E-state index is 0.707. The van der Waals surface area contributed by atoms with Crippen LogP contribution in [0.15, 0.2) is 36.4 Å². The molecule has 0 nitrogen and oxygen atoms in total. The largest absolute Gasteiger partial charge is 0.113 e. The first kappa shape index (κ1) is 7.66. The first-order valence-electron chi connectivity index (χ1n) is 4.28. The molecule has 1 aromatic rings. The normalized spacial score (nSPS) is 17.5. The van der Waals surface area contributed by atoms with Crippen LogP contribution >= 0.6 is 0 Å². The summed E-state index contributed by atoms with van der Waals surface area (Å²) >= 11 is 0. The highest BCUT2D eigenvalue weighted by atomic mass is 14.3. The van der Waals surface area contributed by atoms with Crippen molar-refractivity contribution in [2.75, 3.05) is 0 Å². The van der Waals surface area contributed by atoms with E-state index in [9.17, 15) is 0 Å². The fourth-order valence-corrected chi connectivity index (χ4v) is 1.64. The molecular formula is C11H11B. The van der Waals surface area contributed by atoms with Crippen LogP contribution in [0.1, 0.15) is 24.3 Å². The molecule has 2 radical (unpaired) electrons. The molecule has 0 bridgehead atoms. The second-order valence-corrected chi connectivity index (χ2v) is 3.52. The summed E-state index contributed by atoms with van der Waals surface area (Å²) in [6, 6.07) is 8.17. The van der Waals surface area contributed by atoms with Gasteiger partial charge in [-0.2, -0.15) is 0 Å². The van der Waals surface area contributed by atoms with Crippen molar-refractivity contribution in [3.63, 3.8) is 0 Å². The molecule has 1 heteroatoms. The summed E-state index contributed by atoms with van der Waals surface area (Å²) < 4.78 is 0. The van der Waals surface area contributed by atoms with Crippen LogP contribution < -0.4 is 5.46 Å². The van der Waals surface area contributed by atoms with Gasteiger partial charge in [0.05, 0.1) is 0 Å². The summed E-state index contributed by atoms with van der Waals surface area (Å²) in [6.07, 6.45) is 2.31. The molecule has 1 fully saturated rings. The molecule has 0 aromatic heterocycles. The Bertz CT molecular complexity index is 289. The lowest BCUT2D eigenvalue weighted by Gasteiger charge is -2.28. The molecule has 0 atom stereocenters. The first-order valence-corrected chi connectivity index (χ1v) is 4.28. The highest BCUT2D eigenvalue weighted by Crippen LogP contribution is 2.39. The van der Waals surface area contributed by atoms with Crippen LogP contribution in [0, 0.1) is 0 Å². The van der Waals surface area contributed by atoms with Crippen LogP contribution in [0.5, 0.6) is 0 Å². The molecule has 0 amide bonds.